The molecule has 0 aliphatic heterocycles. The van der Waals surface area contributed by atoms with E-state index < -0.39 is 5.54 Å². The molecule has 2 N–H and O–H groups in total. The Bertz CT molecular complexity index is 466. The van der Waals surface area contributed by atoms with E-state index in [1.165, 1.54) is 0 Å². The van der Waals surface area contributed by atoms with Crippen molar-refractivity contribution < 1.29 is 9.53 Å². The molecular weight excluding hydrogens is 317 g/mol. The number of hydrogen-bond acceptors (Lipinski definition) is 4. The number of hydrogen-bond donors (Lipinski definition) is 1. The number of halogens is 2. The van der Waals surface area contributed by atoms with E-state index >= 15 is 0 Å². The highest BCUT2D eigenvalue weighted by molar-refractivity contribution is 7.99. The van der Waals surface area contributed by atoms with Gasteiger partial charge in [-0.15, -0.1) is 11.8 Å². The van der Waals surface area contributed by atoms with Gasteiger partial charge in [0.15, 0.2) is 0 Å². The summed E-state index contributed by atoms with van der Waals surface area (Å²) in [5, 5.41) is 1.10. The average molecular weight is 336 g/mol. The lowest BCUT2D eigenvalue weighted by atomic mass is 9.98. The van der Waals surface area contributed by atoms with Gasteiger partial charge in [-0.1, -0.05) is 23.2 Å². The molecule has 0 fully saturated rings. The Morgan fingerprint density at radius 1 is 1.40 bits per heavy atom. The van der Waals surface area contributed by atoms with Crippen molar-refractivity contribution in [1.29, 1.82) is 0 Å². The smallest absolute Gasteiger partial charge is 0.325 e. The summed E-state index contributed by atoms with van der Waals surface area (Å²) >= 11 is 13.5. The lowest BCUT2D eigenvalue weighted by molar-refractivity contribution is -0.149. The van der Waals surface area contributed by atoms with Crippen LogP contribution in [0, 0.1) is 0 Å². The summed E-state index contributed by atoms with van der Waals surface area (Å²) in [6, 6.07) is 5.53. The number of esters is 1. The fourth-order valence-electron chi connectivity index (χ4n) is 1.59. The number of benzene rings is 1. The molecule has 3 nitrogen and oxygen atoms in total. The van der Waals surface area contributed by atoms with Crippen LogP contribution in [-0.2, 0) is 9.53 Å². The number of thioether (sulfide) groups is 1. The van der Waals surface area contributed by atoms with Gasteiger partial charge in [-0.2, -0.15) is 0 Å². The molecule has 0 bridgehead atoms. The Morgan fingerprint density at radius 3 is 2.70 bits per heavy atom. The highest BCUT2D eigenvalue weighted by Crippen LogP contribution is 2.28. The van der Waals surface area contributed by atoms with Crippen LogP contribution in [0.3, 0.4) is 0 Å². The summed E-state index contributed by atoms with van der Waals surface area (Å²) < 4.78 is 4.95. The SMILES string of the molecule is CCOC(=O)C(C)(N)CCCSc1ccc(Cl)c(Cl)c1. The lowest BCUT2D eigenvalue weighted by Gasteiger charge is -2.21. The summed E-state index contributed by atoms with van der Waals surface area (Å²) in [4.78, 5) is 12.7. The van der Waals surface area contributed by atoms with E-state index in [0.29, 0.717) is 23.1 Å². The average Bonchev–Trinajstić information content (AvgIpc) is 2.39. The van der Waals surface area contributed by atoms with E-state index in [2.05, 4.69) is 0 Å². The minimum Gasteiger partial charge on any atom is -0.465 e. The van der Waals surface area contributed by atoms with Crippen molar-refractivity contribution in [3.05, 3.63) is 28.2 Å². The molecule has 0 saturated carbocycles. The first-order chi connectivity index (χ1) is 9.36. The fourth-order valence-corrected chi connectivity index (χ4v) is 2.85. The quantitative estimate of drug-likeness (QED) is 0.462. The molecule has 6 heteroatoms. The van der Waals surface area contributed by atoms with Gasteiger partial charge in [-0.25, -0.2) is 0 Å². The first-order valence-corrected chi connectivity index (χ1v) is 8.15. The van der Waals surface area contributed by atoms with Crippen LogP contribution in [0.2, 0.25) is 10.0 Å². The second-order valence-electron chi connectivity index (χ2n) is 4.67. The van der Waals surface area contributed by atoms with Crippen molar-refractivity contribution >= 4 is 40.9 Å². The predicted octanol–water partition coefficient (Wildman–Crippen LogP) is 4.15. The van der Waals surface area contributed by atoms with Gasteiger partial charge in [0, 0.05) is 4.90 Å². The maximum atomic E-state index is 11.6. The third kappa shape index (κ3) is 5.52. The Hall–Kier alpha value is -0.420. The zero-order valence-corrected chi connectivity index (χ0v) is 13.9. The van der Waals surface area contributed by atoms with Crippen LogP contribution in [0.15, 0.2) is 23.1 Å². The molecule has 1 unspecified atom stereocenters. The van der Waals surface area contributed by atoms with Crippen molar-refractivity contribution in [3.8, 4) is 0 Å². The van der Waals surface area contributed by atoms with E-state index in [-0.39, 0.29) is 5.97 Å². The molecule has 0 aliphatic rings. The molecule has 20 heavy (non-hydrogen) atoms. The summed E-state index contributed by atoms with van der Waals surface area (Å²) in [6.07, 6.45) is 1.40. The third-order valence-electron chi connectivity index (χ3n) is 2.74. The van der Waals surface area contributed by atoms with Gasteiger partial charge in [0.05, 0.1) is 16.7 Å². The number of rotatable bonds is 7. The van der Waals surface area contributed by atoms with Gasteiger partial charge < -0.3 is 10.5 Å². The molecular formula is C14H19Cl2NO2S. The Morgan fingerprint density at radius 2 is 2.10 bits per heavy atom. The Kier molecular flexibility index (Phi) is 7.17. The topological polar surface area (TPSA) is 52.3 Å². The van der Waals surface area contributed by atoms with Crippen LogP contribution in [0.5, 0.6) is 0 Å². The van der Waals surface area contributed by atoms with Gasteiger partial charge >= 0.3 is 5.97 Å². The molecule has 112 valence electrons. The highest BCUT2D eigenvalue weighted by Gasteiger charge is 2.29. The molecule has 1 aromatic rings. The Balaban J connectivity index is 2.37. The first-order valence-electron chi connectivity index (χ1n) is 6.41. The van der Waals surface area contributed by atoms with Crippen LogP contribution in [0.25, 0.3) is 0 Å². The molecule has 0 aromatic heterocycles. The Labute approximate surface area is 134 Å². The minimum atomic E-state index is -0.922. The molecule has 0 aliphatic carbocycles. The van der Waals surface area contributed by atoms with E-state index in [1.54, 1.807) is 31.7 Å². The minimum absolute atomic E-state index is 0.348. The normalized spacial score (nSPS) is 13.8. The van der Waals surface area contributed by atoms with Crippen molar-refractivity contribution in [2.75, 3.05) is 12.4 Å². The van der Waals surface area contributed by atoms with Crippen LogP contribution in [-0.4, -0.2) is 23.9 Å². The van der Waals surface area contributed by atoms with Gasteiger partial charge in [-0.05, 0) is 50.6 Å². The van der Waals surface area contributed by atoms with Crippen molar-refractivity contribution in [3.63, 3.8) is 0 Å². The fraction of sp³-hybridized carbons (Fsp3) is 0.500. The van der Waals surface area contributed by atoms with Gasteiger partial charge in [0.25, 0.3) is 0 Å². The monoisotopic (exact) mass is 335 g/mol. The summed E-state index contributed by atoms with van der Waals surface area (Å²) in [7, 11) is 0. The second kappa shape index (κ2) is 8.13. The van der Waals surface area contributed by atoms with Crippen LogP contribution in [0.4, 0.5) is 0 Å². The molecule has 1 atom stereocenters. The molecule has 0 radical (unpaired) electrons. The number of carbonyl (C=O) groups excluding carboxylic acids is 1. The molecule has 0 amide bonds. The number of carbonyl (C=O) groups is 1. The maximum absolute atomic E-state index is 11.6. The molecule has 1 rings (SSSR count). The zero-order chi connectivity index (χ0) is 15.2. The van der Waals surface area contributed by atoms with Gasteiger partial charge in [0.1, 0.15) is 5.54 Å². The third-order valence-corrected chi connectivity index (χ3v) is 4.56. The maximum Gasteiger partial charge on any atom is 0.325 e. The largest absolute Gasteiger partial charge is 0.465 e. The highest BCUT2D eigenvalue weighted by atomic mass is 35.5. The summed E-state index contributed by atoms with van der Waals surface area (Å²) in [5.41, 5.74) is 5.03. The van der Waals surface area contributed by atoms with Gasteiger partial charge in [-0.3, -0.25) is 4.79 Å². The zero-order valence-electron chi connectivity index (χ0n) is 11.6. The summed E-state index contributed by atoms with van der Waals surface area (Å²) in [6.45, 7) is 3.83. The first kappa shape index (κ1) is 17.6. The van der Waals surface area contributed by atoms with Crippen molar-refractivity contribution in [2.45, 2.75) is 37.1 Å². The lowest BCUT2D eigenvalue weighted by Crippen LogP contribution is -2.46. The standard InChI is InChI=1S/C14H19Cl2NO2S/c1-3-19-13(18)14(2,17)7-4-8-20-10-5-6-11(15)12(16)9-10/h5-6,9H,3-4,7-8,17H2,1-2H3. The van der Waals surface area contributed by atoms with E-state index in [4.69, 9.17) is 33.7 Å². The van der Waals surface area contributed by atoms with Crippen LogP contribution < -0.4 is 5.73 Å². The van der Waals surface area contributed by atoms with Crippen LogP contribution in [0.1, 0.15) is 26.7 Å². The van der Waals surface area contributed by atoms with E-state index in [0.717, 1.165) is 17.1 Å². The van der Waals surface area contributed by atoms with Crippen molar-refractivity contribution in [1.82, 2.24) is 0 Å². The van der Waals surface area contributed by atoms with Crippen molar-refractivity contribution in [2.24, 2.45) is 5.73 Å². The number of ether oxygens (including phenoxy) is 1. The predicted molar refractivity (Wildman–Crippen MR) is 85.6 cm³/mol. The molecule has 0 heterocycles. The number of nitrogens with two attached hydrogens (primary N) is 1. The molecule has 0 saturated heterocycles. The molecule has 0 spiro atoms. The van der Waals surface area contributed by atoms with E-state index in [9.17, 15) is 4.79 Å². The van der Waals surface area contributed by atoms with Crippen LogP contribution >= 0.6 is 35.0 Å². The van der Waals surface area contributed by atoms with Gasteiger partial charge in [0.2, 0.25) is 0 Å². The van der Waals surface area contributed by atoms with E-state index in [1.807, 2.05) is 12.1 Å². The second-order valence-corrected chi connectivity index (χ2v) is 6.65. The summed E-state index contributed by atoms with van der Waals surface area (Å²) in [5.74, 6) is 0.504. The molecule has 1 aromatic carbocycles.